The Morgan fingerprint density at radius 1 is 1.52 bits per heavy atom. The number of nitrogens with zero attached hydrogens (tertiary/aromatic N) is 2. The summed E-state index contributed by atoms with van der Waals surface area (Å²) < 4.78 is 0. The van der Waals surface area contributed by atoms with E-state index in [0.717, 1.165) is 25.2 Å². The molecular weight excluding hydrogens is 294 g/mol. The van der Waals surface area contributed by atoms with E-state index in [1.165, 1.54) is 7.05 Å². The van der Waals surface area contributed by atoms with Crippen molar-refractivity contribution in [1.82, 2.24) is 25.8 Å². The predicted octanol–water partition coefficient (Wildman–Crippen LogP) is -0.0947. The molecule has 21 heavy (non-hydrogen) atoms. The van der Waals surface area contributed by atoms with Gasteiger partial charge in [0.1, 0.15) is 0 Å². The van der Waals surface area contributed by atoms with Gasteiger partial charge in [0.05, 0.1) is 6.54 Å². The summed E-state index contributed by atoms with van der Waals surface area (Å²) in [5, 5.41) is 7.95. The van der Waals surface area contributed by atoms with E-state index in [4.69, 9.17) is 0 Å². The van der Waals surface area contributed by atoms with Crippen LogP contribution >= 0.6 is 12.4 Å². The van der Waals surface area contributed by atoms with Gasteiger partial charge in [0.2, 0.25) is 5.91 Å². The van der Waals surface area contributed by atoms with Crippen LogP contribution in [0.4, 0.5) is 4.79 Å². The molecule has 1 fully saturated rings. The second-order valence-corrected chi connectivity index (χ2v) is 4.60. The van der Waals surface area contributed by atoms with Gasteiger partial charge in [-0.15, -0.1) is 12.4 Å². The third-order valence-corrected chi connectivity index (χ3v) is 3.25. The van der Waals surface area contributed by atoms with Gasteiger partial charge in [-0.2, -0.15) is 0 Å². The zero-order valence-corrected chi connectivity index (χ0v) is 12.7. The van der Waals surface area contributed by atoms with Crippen molar-refractivity contribution in [3.05, 3.63) is 30.1 Å². The molecular formula is C13H20ClN5O2. The summed E-state index contributed by atoms with van der Waals surface area (Å²) in [6.45, 7) is 2.53. The van der Waals surface area contributed by atoms with E-state index in [0.29, 0.717) is 0 Å². The molecule has 8 heteroatoms. The van der Waals surface area contributed by atoms with Crippen LogP contribution < -0.4 is 16.0 Å². The second-order valence-electron chi connectivity index (χ2n) is 4.60. The molecule has 1 aromatic rings. The molecule has 1 aliphatic heterocycles. The third kappa shape index (κ3) is 4.96. The fourth-order valence-electron chi connectivity index (χ4n) is 2.25. The van der Waals surface area contributed by atoms with Crippen molar-refractivity contribution in [3.8, 4) is 0 Å². The SMILES string of the molecule is CNC(=O)NC(=O)CN1CCNCC1c1cccnc1.Cl. The van der Waals surface area contributed by atoms with Gasteiger partial charge in [-0.3, -0.25) is 20.0 Å². The van der Waals surface area contributed by atoms with E-state index in [1.54, 1.807) is 12.4 Å². The van der Waals surface area contributed by atoms with Gasteiger partial charge in [-0.05, 0) is 11.6 Å². The Kier molecular flexibility index (Phi) is 7.07. The minimum atomic E-state index is -0.483. The van der Waals surface area contributed by atoms with Gasteiger partial charge in [-0.25, -0.2) is 4.79 Å². The number of rotatable bonds is 3. The summed E-state index contributed by atoms with van der Waals surface area (Å²) >= 11 is 0. The van der Waals surface area contributed by atoms with Crippen LogP contribution in [-0.4, -0.2) is 55.0 Å². The molecule has 0 aliphatic carbocycles. The number of carbonyl (C=O) groups excluding carboxylic acids is 2. The molecule has 2 heterocycles. The molecule has 0 bridgehead atoms. The minimum absolute atomic E-state index is 0. The second kappa shape index (κ2) is 8.56. The molecule has 1 aliphatic rings. The number of urea groups is 1. The van der Waals surface area contributed by atoms with Gasteiger partial charge in [-0.1, -0.05) is 6.07 Å². The van der Waals surface area contributed by atoms with Crippen LogP contribution in [0.1, 0.15) is 11.6 Å². The largest absolute Gasteiger partial charge is 0.341 e. The number of pyridine rings is 1. The molecule has 0 saturated carbocycles. The van der Waals surface area contributed by atoms with Gasteiger partial charge in [0, 0.05) is 45.1 Å². The molecule has 1 saturated heterocycles. The highest BCUT2D eigenvalue weighted by Gasteiger charge is 2.25. The standard InChI is InChI=1S/C13H19N5O2.ClH/c1-14-13(20)17-12(19)9-18-6-5-16-8-11(18)10-3-2-4-15-7-10;/h2-4,7,11,16H,5-6,8-9H2,1H3,(H2,14,17,19,20);1H. The van der Waals surface area contributed by atoms with Gasteiger partial charge < -0.3 is 10.6 Å². The number of imide groups is 1. The minimum Gasteiger partial charge on any atom is -0.341 e. The van der Waals surface area contributed by atoms with Crippen molar-refractivity contribution in [3.63, 3.8) is 0 Å². The maximum atomic E-state index is 11.8. The van der Waals surface area contributed by atoms with Crippen molar-refractivity contribution >= 4 is 24.3 Å². The first-order valence-corrected chi connectivity index (χ1v) is 6.57. The number of hydrogen-bond acceptors (Lipinski definition) is 5. The summed E-state index contributed by atoms with van der Waals surface area (Å²) in [6.07, 6.45) is 3.53. The average Bonchev–Trinajstić information content (AvgIpc) is 2.48. The summed E-state index contributed by atoms with van der Waals surface area (Å²) in [5.74, 6) is -0.305. The van der Waals surface area contributed by atoms with Gasteiger partial charge >= 0.3 is 6.03 Å². The molecule has 3 amide bonds. The Morgan fingerprint density at radius 2 is 2.33 bits per heavy atom. The zero-order valence-electron chi connectivity index (χ0n) is 11.8. The van der Waals surface area contributed by atoms with Gasteiger partial charge in [0.25, 0.3) is 0 Å². The van der Waals surface area contributed by atoms with Crippen molar-refractivity contribution < 1.29 is 9.59 Å². The molecule has 7 nitrogen and oxygen atoms in total. The normalized spacial score (nSPS) is 18.4. The number of piperazine rings is 1. The Labute approximate surface area is 129 Å². The first kappa shape index (κ1) is 17.4. The smallest absolute Gasteiger partial charge is 0.321 e. The predicted molar refractivity (Wildman–Crippen MR) is 81.3 cm³/mol. The van der Waals surface area contributed by atoms with Crippen LogP contribution in [0.25, 0.3) is 0 Å². The Bertz CT molecular complexity index is 471. The lowest BCUT2D eigenvalue weighted by Gasteiger charge is -2.35. The zero-order chi connectivity index (χ0) is 14.4. The Morgan fingerprint density at radius 3 is 3.00 bits per heavy atom. The number of carbonyl (C=O) groups is 2. The molecule has 2 rings (SSSR count). The highest BCUT2D eigenvalue weighted by Crippen LogP contribution is 2.20. The highest BCUT2D eigenvalue weighted by atomic mass is 35.5. The lowest BCUT2D eigenvalue weighted by Crippen LogP contribution is -2.51. The molecule has 3 N–H and O–H groups in total. The number of halogens is 1. The maximum absolute atomic E-state index is 11.8. The van der Waals surface area contributed by atoms with Crippen LogP contribution in [0, 0.1) is 0 Å². The monoisotopic (exact) mass is 313 g/mol. The summed E-state index contributed by atoms with van der Waals surface area (Å²) in [6, 6.07) is 3.48. The number of amides is 3. The van der Waals surface area contributed by atoms with Crippen molar-refractivity contribution in [1.29, 1.82) is 0 Å². The average molecular weight is 314 g/mol. The van der Waals surface area contributed by atoms with E-state index < -0.39 is 6.03 Å². The topological polar surface area (TPSA) is 86.4 Å². The van der Waals surface area contributed by atoms with E-state index in [9.17, 15) is 9.59 Å². The molecule has 0 spiro atoms. The first-order chi connectivity index (χ1) is 9.70. The van der Waals surface area contributed by atoms with Gasteiger partial charge in [0.15, 0.2) is 0 Å². The van der Waals surface area contributed by atoms with E-state index in [-0.39, 0.29) is 30.9 Å². The van der Waals surface area contributed by atoms with Crippen molar-refractivity contribution in [2.45, 2.75) is 6.04 Å². The molecule has 1 aromatic heterocycles. The molecule has 1 atom stereocenters. The van der Waals surface area contributed by atoms with Crippen LogP contribution in [-0.2, 0) is 4.79 Å². The quantitative estimate of drug-likeness (QED) is 0.726. The van der Waals surface area contributed by atoms with Crippen LogP contribution in [0.3, 0.4) is 0 Å². The number of nitrogens with one attached hydrogen (secondary N) is 3. The first-order valence-electron chi connectivity index (χ1n) is 6.57. The maximum Gasteiger partial charge on any atom is 0.321 e. The van der Waals surface area contributed by atoms with Crippen LogP contribution in [0.15, 0.2) is 24.5 Å². The lowest BCUT2D eigenvalue weighted by molar-refractivity contribution is -0.122. The highest BCUT2D eigenvalue weighted by molar-refractivity contribution is 5.95. The van der Waals surface area contributed by atoms with E-state index in [2.05, 4.69) is 20.9 Å². The van der Waals surface area contributed by atoms with E-state index >= 15 is 0 Å². The summed E-state index contributed by atoms with van der Waals surface area (Å²) in [7, 11) is 1.48. The number of aromatic nitrogens is 1. The summed E-state index contributed by atoms with van der Waals surface area (Å²) in [4.78, 5) is 29.1. The molecule has 1 unspecified atom stereocenters. The Balaban J connectivity index is 0.00000220. The van der Waals surface area contributed by atoms with Crippen LogP contribution in [0.2, 0.25) is 0 Å². The van der Waals surface area contributed by atoms with Crippen molar-refractivity contribution in [2.75, 3.05) is 33.2 Å². The fraction of sp³-hybridized carbons (Fsp3) is 0.462. The fourth-order valence-corrected chi connectivity index (χ4v) is 2.25. The molecule has 116 valence electrons. The van der Waals surface area contributed by atoms with Crippen molar-refractivity contribution in [2.24, 2.45) is 0 Å². The van der Waals surface area contributed by atoms with Crippen LogP contribution in [0.5, 0.6) is 0 Å². The summed E-state index contributed by atoms with van der Waals surface area (Å²) in [5.41, 5.74) is 1.06. The Hall–Kier alpha value is -1.70. The third-order valence-electron chi connectivity index (χ3n) is 3.25. The lowest BCUT2D eigenvalue weighted by atomic mass is 10.1. The number of hydrogen-bond donors (Lipinski definition) is 3. The molecule has 0 aromatic carbocycles. The molecule has 0 radical (unpaired) electrons. The van der Waals surface area contributed by atoms with E-state index in [1.807, 2.05) is 17.0 Å².